The third-order valence-electron chi connectivity index (χ3n) is 2.55. The van der Waals surface area contributed by atoms with Crippen molar-refractivity contribution in [1.29, 1.82) is 0 Å². The van der Waals surface area contributed by atoms with Crippen LogP contribution in [0.2, 0.25) is 0 Å². The lowest BCUT2D eigenvalue weighted by molar-refractivity contribution is 0.0952. The normalized spacial score (nSPS) is 10.7. The van der Waals surface area contributed by atoms with Crippen LogP contribution in [0.25, 0.3) is 0 Å². The van der Waals surface area contributed by atoms with E-state index in [1.54, 1.807) is 18.2 Å². The van der Waals surface area contributed by atoms with E-state index < -0.39 is 0 Å². The lowest BCUT2D eigenvalue weighted by atomic mass is 10.2. The van der Waals surface area contributed by atoms with Crippen molar-refractivity contribution in [1.82, 2.24) is 10.2 Å². The molecule has 1 aromatic rings. The highest BCUT2D eigenvalue weighted by Crippen LogP contribution is 2.19. The van der Waals surface area contributed by atoms with Crippen molar-refractivity contribution in [3.63, 3.8) is 0 Å². The monoisotopic (exact) mass is 313 g/mol. The standard InChI is InChI=1S/C13H20BrN3O/c1-17(2)8-4-3-7-16-13(18)11-9-10(15)5-6-12(11)14/h5-6,9H,3-4,7-8,15H2,1-2H3,(H,16,18). The number of carbonyl (C=O) groups excluding carboxylic acids is 1. The largest absolute Gasteiger partial charge is 0.399 e. The first kappa shape index (κ1) is 15.0. The predicted molar refractivity (Wildman–Crippen MR) is 78.7 cm³/mol. The second kappa shape index (κ2) is 7.38. The van der Waals surface area contributed by atoms with Gasteiger partial charge in [0.1, 0.15) is 0 Å². The average molecular weight is 314 g/mol. The van der Waals surface area contributed by atoms with Gasteiger partial charge in [0.2, 0.25) is 0 Å². The van der Waals surface area contributed by atoms with E-state index in [4.69, 9.17) is 5.73 Å². The first-order chi connectivity index (χ1) is 8.50. The van der Waals surface area contributed by atoms with Crippen LogP contribution in [0.1, 0.15) is 23.2 Å². The summed E-state index contributed by atoms with van der Waals surface area (Å²) in [5.74, 6) is -0.0842. The Balaban J connectivity index is 2.39. The first-order valence-electron chi connectivity index (χ1n) is 5.98. The summed E-state index contributed by atoms with van der Waals surface area (Å²) in [7, 11) is 4.09. The van der Waals surface area contributed by atoms with Gasteiger partial charge in [-0.2, -0.15) is 0 Å². The highest BCUT2D eigenvalue weighted by Gasteiger charge is 2.09. The SMILES string of the molecule is CN(C)CCCCNC(=O)c1cc(N)ccc1Br. The van der Waals surface area contributed by atoms with Gasteiger partial charge in [0.25, 0.3) is 5.91 Å². The number of carbonyl (C=O) groups is 1. The molecule has 5 heteroatoms. The predicted octanol–water partition coefficient (Wildman–Crippen LogP) is 2.10. The molecule has 0 heterocycles. The number of nitrogens with two attached hydrogens (primary N) is 1. The highest BCUT2D eigenvalue weighted by atomic mass is 79.9. The maximum atomic E-state index is 11.9. The van der Waals surface area contributed by atoms with Crippen molar-refractivity contribution < 1.29 is 4.79 Å². The Kier molecular flexibility index (Phi) is 6.15. The molecule has 1 rings (SSSR count). The van der Waals surface area contributed by atoms with E-state index >= 15 is 0 Å². The maximum Gasteiger partial charge on any atom is 0.252 e. The van der Waals surface area contributed by atoms with Crippen LogP contribution in [0.15, 0.2) is 22.7 Å². The Bertz CT molecular complexity index is 407. The van der Waals surface area contributed by atoms with Gasteiger partial charge in [-0.05, 0) is 67.6 Å². The van der Waals surface area contributed by atoms with E-state index in [0.29, 0.717) is 17.8 Å². The number of nitrogens with zero attached hydrogens (tertiary/aromatic N) is 1. The number of amides is 1. The number of benzene rings is 1. The number of anilines is 1. The second-order valence-electron chi connectivity index (χ2n) is 4.51. The van der Waals surface area contributed by atoms with Crippen molar-refractivity contribution in [2.45, 2.75) is 12.8 Å². The van der Waals surface area contributed by atoms with E-state index in [9.17, 15) is 4.79 Å². The van der Waals surface area contributed by atoms with Crippen LogP contribution in [-0.2, 0) is 0 Å². The zero-order valence-electron chi connectivity index (χ0n) is 10.9. The molecule has 3 N–H and O–H groups in total. The van der Waals surface area contributed by atoms with Gasteiger partial charge in [-0.1, -0.05) is 0 Å². The van der Waals surface area contributed by atoms with E-state index in [1.807, 2.05) is 14.1 Å². The molecule has 0 unspecified atom stereocenters. The smallest absolute Gasteiger partial charge is 0.252 e. The summed E-state index contributed by atoms with van der Waals surface area (Å²) in [4.78, 5) is 14.0. The Morgan fingerprint density at radius 1 is 1.39 bits per heavy atom. The fraction of sp³-hybridized carbons (Fsp3) is 0.462. The minimum atomic E-state index is -0.0842. The summed E-state index contributed by atoms with van der Waals surface area (Å²) in [6, 6.07) is 5.23. The summed E-state index contributed by atoms with van der Waals surface area (Å²) >= 11 is 3.35. The number of halogens is 1. The van der Waals surface area contributed by atoms with Gasteiger partial charge in [0, 0.05) is 16.7 Å². The Hall–Kier alpha value is -1.07. The van der Waals surface area contributed by atoms with Gasteiger partial charge in [-0.15, -0.1) is 0 Å². The van der Waals surface area contributed by atoms with Crippen molar-refractivity contribution in [3.05, 3.63) is 28.2 Å². The molecule has 100 valence electrons. The Labute approximate surface area is 117 Å². The molecule has 1 amide bonds. The Morgan fingerprint density at radius 2 is 2.11 bits per heavy atom. The zero-order chi connectivity index (χ0) is 13.5. The summed E-state index contributed by atoms with van der Waals surface area (Å²) in [6.45, 7) is 1.73. The molecule has 1 aromatic carbocycles. The van der Waals surface area contributed by atoms with Crippen molar-refractivity contribution in [2.24, 2.45) is 0 Å². The molecule has 0 spiro atoms. The molecule has 4 nitrogen and oxygen atoms in total. The van der Waals surface area contributed by atoms with Gasteiger partial charge < -0.3 is 16.0 Å². The number of nitrogens with one attached hydrogen (secondary N) is 1. The fourth-order valence-electron chi connectivity index (χ4n) is 1.57. The number of unbranched alkanes of at least 4 members (excludes halogenated alkanes) is 1. The molecule has 0 radical (unpaired) electrons. The highest BCUT2D eigenvalue weighted by molar-refractivity contribution is 9.10. The van der Waals surface area contributed by atoms with Gasteiger partial charge >= 0.3 is 0 Å². The lowest BCUT2D eigenvalue weighted by Gasteiger charge is -2.10. The van der Waals surface area contributed by atoms with Gasteiger partial charge in [0.05, 0.1) is 5.56 Å². The number of rotatable bonds is 6. The quantitative estimate of drug-likeness (QED) is 0.624. The molecule has 0 aliphatic carbocycles. The summed E-state index contributed by atoms with van der Waals surface area (Å²) in [6.07, 6.45) is 2.05. The zero-order valence-corrected chi connectivity index (χ0v) is 12.5. The van der Waals surface area contributed by atoms with E-state index in [-0.39, 0.29) is 5.91 Å². The van der Waals surface area contributed by atoms with Crippen LogP contribution in [0.3, 0.4) is 0 Å². The molecule has 0 bridgehead atoms. The minimum Gasteiger partial charge on any atom is -0.399 e. The number of nitrogen functional groups attached to an aromatic ring is 1. The van der Waals surface area contributed by atoms with E-state index in [2.05, 4.69) is 26.1 Å². The molecule has 0 saturated heterocycles. The van der Waals surface area contributed by atoms with Crippen LogP contribution in [0, 0.1) is 0 Å². The van der Waals surface area contributed by atoms with Gasteiger partial charge in [0.15, 0.2) is 0 Å². The van der Waals surface area contributed by atoms with Crippen LogP contribution in [-0.4, -0.2) is 38.0 Å². The topological polar surface area (TPSA) is 58.4 Å². The second-order valence-corrected chi connectivity index (χ2v) is 5.36. The molecule has 0 fully saturated rings. The fourth-order valence-corrected chi connectivity index (χ4v) is 1.99. The van der Waals surface area contributed by atoms with Crippen LogP contribution < -0.4 is 11.1 Å². The molecule has 0 aliphatic heterocycles. The van der Waals surface area contributed by atoms with Crippen molar-refractivity contribution in [2.75, 3.05) is 32.9 Å². The van der Waals surface area contributed by atoms with E-state index in [0.717, 1.165) is 23.9 Å². The molecule has 18 heavy (non-hydrogen) atoms. The van der Waals surface area contributed by atoms with Crippen LogP contribution in [0.5, 0.6) is 0 Å². The Morgan fingerprint density at radius 3 is 2.78 bits per heavy atom. The molecule has 0 saturated carbocycles. The molecular formula is C13H20BrN3O. The van der Waals surface area contributed by atoms with Gasteiger partial charge in [-0.3, -0.25) is 4.79 Å². The third-order valence-corrected chi connectivity index (χ3v) is 3.24. The average Bonchev–Trinajstić information content (AvgIpc) is 2.31. The number of hydrogen-bond donors (Lipinski definition) is 2. The van der Waals surface area contributed by atoms with Crippen molar-refractivity contribution in [3.8, 4) is 0 Å². The summed E-state index contributed by atoms with van der Waals surface area (Å²) < 4.78 is 0.766. The molecule has 0 aromatic heterocycles. The third kappa shape index (κ3) is 5.06. The summed E-state index contributed by atoms with van der Waals surface area (Å²) in [5, 5.41) is 2.90. The van der Waals surface area contributed by atoms with Gasteiger partial charge in [-0.25, -0.2) is 0 Å². The maximum absolute atomic E-state index is 11.9. The molecular weight excluding hydrogens is 294 g/mol. The summed E-state index contributed by atoms with van der Waals surface area (Å²) in [5.41, 5.74) is 6.85. The molecule has 0 aliphatic rings. The van der Waals surface area contributed by atoms with Crippen LogP contribution in [0.4, 0.5) is 5.69 Å². The molecule has 0 atom stereocenters. The number of hydrogen-bond acceptors (Lipinski definition) is 3. The van der Waals surface area contributed by atoms with E-state index in [1.165, 1.54) is 0 Å². The minimum absolute atomic E-state index is 0.0842. The first-order valence-corrected chi connectivity index (χ1v) is 6.78. The lowest BCUT2D eigenvalue weighted by Crippen LogP contribution is -2.25. The van der Waals surface area contributed by atoms with Crippen LogP contribution >= 0.6 is 15.9 Å². The van der Waals surface area contributed by atoms with Crippen molar-refractivity contribution >= 4 is 27.5 Å².